The summed E-state index contributed by atoms with van der Waals surface area (Å²) < 4.78 is 0. The number of rotatable bonds is 9. The van der Waals surface area contributed by atoms with Gasteiger partial charge in [-0.3, -0.25) is 9.59 Å². The first-order valence-corrected chi connectivity index (χ1v) is 5.33. The van der Waals surface area contributed by atoms with Crippen LogP contribution in [0.4, 0.5) is 0 Å². The molecular formula is C10H19NO5. The molecule has 94 valence electrons. The second-order valence-corrected chi connectivity index (χ2v) is 3.61. The van der Waals surface area contributed by atoms with Gasteiger partial charge in [0.05, 0.1) is 12.7 Å². The van der Waals surface area contributed by atoms with Crippen LogP contribution in [0.1, 0.15) is 32.1 Å². The van der Waals surface area contributed by atoms with E-state index < -0.39 is 12.1 Å². The third kappa shape index (κ3) is 9.42. The summed E-state index contributed by atoms with van der Waals surface area (Å²) in [7, 11) is 0. The van der Waals surface area contributed by atoms with Crippen molar-refractivity contribution >= 4 is 11.9 Å². The van der Waals surface area contributed by atoms with E-state index in [1.165, 1.54) is 0 Å². The summed E-state index contributed by atoms with van der Waals surface area (Å²) >= 11 is 0. The zero-order chi connectivity index (χ0) is 12.4. The molecule has 16 heavy (non-hydrogen) atoms. The number of aliphatic carboxylic acids is 1. The number of aliphatic hydroxyl groups excluding tert-OH is 2. The van der Waals surface area contributed by atoms with Crippen molar-refractivity contribution in [1.82, 2.24) is 5.32 Å². The molecule has 1 amide bonds. The van der Waals surface area contributed by atoms with Gasteiger partial charge in [-0.1, -0.05) is 12.8 Å². The van der Waals surface area contributed by atoms with Crippen LogP contribution in [-0.2, 0) is 9.59 Å². The average molecular weight is 233 g/mol. The fraction of sp³-hybridized carbons (Fsp3) is 0.800. The minimum absolute atomic E-state index is 0.237. The Balaban J connectivity index is 3.31. The standard InChI is InChI=1S/C10H19NO5/c12-7-8(13)4-2-1-3-5-9(14)11-6-10(15)16/h8,12-13H,1-7H2,(H,11,14)(H,15,16). The summed E-state index contributed by atoms with van der Waals surface area (Å²) in [6.45, 7) is -0.582. The normalized spacial score (nSPS) is 12.1. The van der Waals surface area contributed by atoms with Crippen LogP contribution in [0.3, 0.4) is 0 Å². The van der Waals surface area contributed by atoms with E-state index in [0.29, 0.717) is 19.3 Å². The summed E-state index contributed by atoms with van der Waals surface area (Å²) in [5.74, 6) is -1.33. The van der Waals surface area contributed by atoms with Gasteiger partial charge < -0.3 is 20.6 Å². The van der Waals surface area contributed by atoms with Crippen molar-refractivity contribution in [2.75, 3.05) is 13.2 Å². The summed E-state index contributed by atoms with van der Waals surface area (Å²) in [6, 6.07) is 0. The number of carbonyl (C=O) groups excluding carboxylic acids is 1. The lowest BCUT2D eigenvalue weighted by molar-refractivity contribution is -0.137. The molecule has 0 aliphatic rings. The predicted molar refractivity (Wildman–Crippen MR) is 56.8 cm³/mol. The number of nitrogens with one attached hydrogen (secondary N) is 1. The third-order valence-corrected chi connectivity index (χ3v) is 2.09. The number of hydrogen-bond donors (Lipinski definition) is 4. The van der Waals surface area contributed by atoms with Crippen LogP contribution in [0.5, 0.6) is 0 Å². The van der Waals surface area contributed by atoms with Crippen molar-refractivity contribution in [2.24, 2.45) is 0 Å². The number of amides is 1. The molecule has 0 rings (SSSR count). The molecule has 0 saturated heterocycles. The lowest BCUT2D eigenvalue weighted by Crippen LogP contribution is -2.28. The average Bonchev–Trinajstić information content (AvgIpc) is 2.25. The molecule has 0 aliphatic carbocycles. The summed E-state index contributed by atoms with van der Waals surface area (Å²) in [6.07, 6.45) is 2.31. The van der Waals surface area contributed by atoms with E-state index in [-0.39, 0.29) is 19.1 Å². The van der Waals surface area contributed by atoms with Gasteiger partial charge >= 0.3 is 5.97 Å². The second kappa shape index (κ2) is 9.11. The summed E-state index contributed by atoms with van der Waals surface area (Å²) in [4.78, 5) is 21.2. The van der Waals surface area contributed by atoms with Gasteiger partial charge in [0.15, 0.2) is 0 Å². The Bertz CT molecular complexity index is 219. The van der Waals surface area contributed by atoms with E-state index in [9.17, 15) is 9.59 Å². The van der Waals surface area contributed by atoms with Crippen LogP contribution in [0.25, 0.3) is 0 Å². The Morgan fingerprint density at radius 1 is 1.19 bits per heavy atom. The van der Waals surface area contributed by atoms with Crippen molar-refractivity contribution in [1.29, 1.82) is 0 Å². The molecule has 1 atom stereocenters. The number of carboxylic acids is 1. The van der Waals surface area contributed by atoms with Crippen LogP contribution < -0.4 is 5.32 Å². The molecule has 4 N–H and O–H groups in total. The number of carboxylic acid groups (broad SMARTS) is 1. The van der Waals surface area contributed by atoms with Crippen molar-refractivity contribution in [3.63, 3.8) is 0 Å². The molecular weight excluding hydrogens is 214 g/mol. The molecule has 0 aliphatic heterocycles. The minimum Gasteiger partial charge on any atom is -0.480 e. The number of aliphatic hydroxyl groups is 2. The maximum absolute atomic E-state index is 11.0. The first-order chi connectivity index (χ1) is 7.56. The van der Waals surface area contributed by atoms with Crippen molar-refractivity contribution in [3.05, 3.63) is 0 Å². The van der Waals surface area contributed by atoms with E-state index in [4.69, 9.17) is 15.3 Å². The predicted octanol–water partition coefficient (Wildman–Crippen LogP) is -0.509. The third-order valence-electron chi connectivity index (χ3n) is 2.09. The van der Waals surface area contributed by atoms with E-state index in [1.807, 2.05) is 0 Å². The molecule has 6 heteroatoms. The van der Waals surface area contributed by atoms with E-state index in [0.717, 1.165) is 12.8 Å². The fourth-order valence-electron chi connectivity index (χ4n) is 1.20. The highest BCUT2D eigenvalue weighted by atomic mass is 16.4. The molecule has 0 aromatic heterocycles. The molecule has 0 spiro atoms. The Hall–Kier alpha value is -1.14. The van der Waals surface area contributed by atoms with Gasteiger partial charge in [0, 0.05) is 6.42 Å². The maximum Gasteiger partial charge on any atom is 0.322 e. The SMILES string of the molecule is O=C(O)CNC(=O)CCCCCC(O)CO. The van der Waals surface area contributed by atoms with E-state index in [1.54, 1.807) is 0 Å². The van der Waals surface area contributed by atoms with Gasteiger partial charge in [0.1, 0.15) is 6.54 Å². The molecule has 0 radical (unpaired) electrons. The first-order valence-electron chi connectivity index (χ1n) is 5.33. The lowest BCUT2D eigenvalue weighted by atomic mass is 10.1. The molecule has 0 aromatic rings. The molecule has 0 saturated carbocycles. The van der Waals surface area contributed by atoms with Crippen molar-refractivity contribution in [2.45, 2.75) is 38.2 Å². The van der Waals surface area contributed by atoms with Crippen LogP contribution in [0.15, 0.2) is 0 Å². The maximum atomic E-state index is 11.0. The number of hydrogen-bond acceptors (Lipinski definition) is 4. The van der Waals surface area contributed by atoms with Crippen molar-refractivity contribution in [3.8, 4) is 0 Å². The van der Waals surface area contributed by atoms with Gasteiger partial charge in [-0.05, 0) is 12.8 Å². The second-order valence-electron chi connectivity index (χ2n) is 3.61. The number of carbonyl (C=O) groups is 2. The molecule has 0 heterocycles. The Morgan fingerprint density at radius 3 is 2.44 bits per heavy atom. The van der Waals surface area contributed by atoms with Gasteiger partial charge in [-0.2, -0.15) is 0 Å². The van der Waals surface area contributed by atoms with Crippen LogP contribution >= 0.6 is 0 Å². The van der Waals surface area contributed by atoms with Gasteiger partial charge in [0.25, 0.3) is 0 Å². The highest BCUT2D eigenvalue weighted by Gasteiger charge is 2.04. The highest BCUT2D eigenvalue weighted by Crippen LogP contribution is 2.05. The molecule has 0 fully saturated rings. The smallest absolute Gasteiger partial charge is 0.322 e. The largest absolute Gasteiger partial charge is 0.480 e. The van der Waals surface area contributed by atoms with Crippen molar-refractivity contribution < 1.29 is 24.9 Å². The summed E-state index contributed by atoms with van der Waals surface area (Å²) in [5.41, 5.74) is 0. The van der Waals surface area contributed by atoms with Gasteiger partial charge in [-0.15, -0.1) is 0 Å². The lowest BCUT2D eigenvalue weighted by Gasteiger charge is -2.06. The first kappa shape index (κ1) is 14.9. The molecule has 0 bridgehead atoms. The number of unbranched alkanes of at least 4 members (excludes halogenated alkanes) is 2. The fourth-order valence-corrected chi connectivity index (χ4v) is 1.20. The molecule has 1 unspecified atom stereocenters. The Morgan fingerprint density at radius 2 is 1.88 bits per heavy atom. The topological polar surface area (TPSA) is 107 Å². The van der Waals surface area contributed by atoms with Gasteiger partial charge in [0.2, 0.25) is 5.91 Å². The van der Waals surface area contributed by atoms with Crippen LogP contribution in [0, 0.1) is 0 Å². The van der Waals surface area contributed by atoms with E-state index in [2.05, 4.69) is 5.32 Å². The van der Waals surface area contributed by atoms with Crippen LogP contribution in [0.2, 0.25) is 0 Å². The summed E-state index contributed by atoms with van der Waals surface area (Å²) in [5, 5.41) is 28.1. The Kier molecular flexibility index (Phi) is 8.46. The zero-order valence-electron chi connectivity index (χ0n) is 9.19. The van der Waals surface area contributed by atoms with Gasteiger partial charge in [-0.25, -0.2) is 0 Å². The quantitative estimate of drug-likeness (QED) is 0.401. The molecule has 6 nitrogen and oxygen atoms in total. The minimum atomic E-state index is -1.06. The Labute approximate surface area is 94.3 Å². The molecule has 0 aromatic carbocycles. The monoisotopic (exact) mass is 233 g/mol. The van der Waals surface area contributed by atoms with E-state index >= 15 is 0 Å². The van der Waals surface area contributed by atoms with Crippen LogP contribution in [-0.4, -0.2) is 46.5 Å². The zero-order valence-corrected chi connectivity index (χ0v) is 9.19. The highest BCUT2D eigenvalue weighted by molar-refractivity contribution is 5.80.